The standard InChI is InChI=1S/C17H20N2O2/c1-19(12-14-7-3-2-4-8-14)17(20)13-21-16-10-6-5-9-15(16)11-18/h2-10H,11-13,18H2,1H3. The van der Waals surface area contributed by atoms with Gasteiger partial charge >= 0.3 is 0 Å². The molecule has 0 aliphatic heterocycles. The van der Waals surface area contributed by atoms with Crippen molar-refractivity contribution in [1.29, 1.82) is 0 Å². The maximum absolute atomic E-state index is 12.1. The quantitative estimate of drug-likeness (QED) is 0.884. The van der Waals surface area contributed by atoms with E-state index in [-0.39, 0.29) is 12.5 Å². The Morgan fingerprint density at radius 3 is 2.48 bits per heavy atom. The average Bonchev–Trinajstić information content (AvgIpc) is 2.53. The molecule has 0 heterocycles. The zero-order valence-electron chi connectivity index (χ0n) is 12.2. The van der Waals surface area contributed by atoms with Crippen molar-refractivity contribution >= 4 is 5.91 Å². The smallest absolute Gasteiger partial charge is 0.260 e. The van der Waals surface area contributed by atoms with E-state index < -0.39 is 0 Å². The second-order valence-electron chi connectivity index (χ2n) is 4.84. The van der Waals surface area contributed by atoms with Gasteiger partial charge in [0.15, 0.2) is 6.61 Å². The third kappa shape index (κ3) is 4.33. The van der Waals surface area contributed by atoms with Gasteiger partial charge in [0, 0.05) is 25.7 Å². The summed E-state index contributed by atoms with van der Waals surface area (Å²) < 4.78 is 5.58. The normalized spacial score (nSPS) is 10.2. The zero-order chi connectivity index (χ0) is 15.1. The molecule has 1 amide bonds. The van der Waals surface area contributed by atoms with Crippen LogP contribution in [-0.4, -0.2) is 24.5 Å². The molecular weight excluding hydrogens is 264 g/mol. The van der Waals surface area contributed by atoms with Crippen LogP contribution < -0.4 is 10.5 Å². The number of rotatable bonds is 6. The highest BCUT2D eigenvalue weighted by molar-refractivity contribution is 5.77. The number of hydrogen-bond donors (Lipinski definition) is 1. The molecule has 21 heavy (non-hydrogen) atoms. The van der Waals surface area contributed by atoms with E-state index in [2.05, 4.69) is 0 Å². The Kier molecular flexibility index (Phi) is 5.35. The van der Waals surface area contributed by atoms with Crippen LogP contribution in [0.3, 0.4) is 0 Å². The lowest BCUT2D eigenvalue weighted by atomic mass is 10.2. The monoisotopic (exact) mass is 284 g/mol. The van der Waals surface area contributed by atoms with Crippen LogP contribution >= 0.6 is 0 Å². The fraction of sp³-hybridized carbons (Fsp3) is 0.235. The third-order valence-corrected chi connectivity index (χ3v) is 3.23. The van der Waals surface area contributed by atoms with Crippen LogP contribution in [0, 0.1) is 0 Å². The molecule has 4 heteroatoms. The summed E-state index contributed by atoms with van der Waals surface area (Å²) in [6.45, 7) is 0.978. The number of amides is 1. The van der Waals surface area contributed by atoms with Crippen molar-refractivity contribution in [1.82, 2.24) is 4.90 Å². The van der Waals surface area contributed by atoms with Gasteiger partial charge in [0.25, 0.3) is 5.91 Å². The van der Waals surface area contributed by atoms with Crippen molar-refractivity contribution in [3.8, 4) is 5.75 Å². The first-order valence-electron chi connectivity index (χ1n) is 6.89. The van der Waals surface area contributed by atoms with Gasteiger partial charge in [0.05, 0.1) is 0 Å². The van der Waals surface area contributed by atoms with Gasteiger partial charge in [-0.3, -0.25) is 4.79 Å². The van der Waals surface area contributed by atoms with Gasteiger partial charge in [-0.1, -0.05) is 48.5 Å². The zero-order valence-corrected chi connectivity index (χ0v) is 12.2. The Morgan fingerprint density at radius 2 is 1.76 bits per heavy atom. The summed E-state index contributed by atoms with van der Waals surface area (Å²) >= 11 is 0. The van der Waals surface area contributed by atoms with E-state index in [1.54, 1.807) is 11.9 Å². The van der Waals surface area contributed by atoms with Crippen molar-refractivity contribution in [3.63, 3.8) is 0 Å². The topological polar surface area (TPSA) is 55.6 Å². The lowest BCUT2D eigenvalue weighted by Crippen LogP contribution is -2.31. The van der Waals surface area contributed by atoms with Gasteiger partial charge in [-0.25, -0.2) is 0 Å². The van der Waals surface area contributed by atoms with Crippen molar-refractivity contribution in [2.75, 3.05) is 13.7 Å². The van der Waals surface area contributed by atoms with E-state index in [4.69, 9.17) is 10.5 Å². The van der Waals surface area contributed by atoms with E-state index >= 15 is 0 Å². The summed E-state index contributed by atoms with van der Waals surface area (Å²) in [5, 5.41) is 0. The molecule has 0 atom stereocenters. The molecule has 0 unspecified atom stereocenters. The largest absolute Gasteiger partial charge is 0.483 e. The minimum Gasteiger partial charge on any atom is -0.483 e. The third-order valence-electron chi connectivity index (χ3n) is 3.23. The lowest BCUT2D eigenvalue weighted by molar-refractivity contribution is -0.132. The van der Waals surface area contributed by atoms with E-state index in [1.165, 1.54) is 0 Å². The summed E-state index contributed by atoms with van der Waals surface area (Å²) in [6, 6.07) is 17.4. The first-order valence-corrected chi connectivity index (χ1v) is 6.89. The maximum Gasteiger partial charge on any atom is 0.260 e. The van der Waals surface area contributed by atoms with Crippen LogP contribution in [0.2, 0.25) is 0 Å². The molecule has 2 rings (SSSR count). The summed E-state index contributed by atoms with van der Waals surface area (Å²) in [6.07, 6.45) is 0. The van der Waals surface area contributed by atoms with Gasteiger partial charge in [-0.05, 0) is 11.6 Å². The van der Waals surface area contributed by atoms with E-state index in [0.717, 1.165) is 11.1 Å². The molecule has 4 nitrogen and oxygen atoms in total. The fourth-order valence-electron chi connectivity index (χ4n) is 2.01. The first kappa shape index (κ1) is 15.1. The number of benzene rings is 2. The van der Waals surface area contributed by atoms with E-state index in [0.29, 0.717) is 18.8 Å². The minimum atomic E-state index is -0.0642. The van der Waals surface area contributed by atoms with Crippen LogP contribution in [0.5, 0.6) is 5.75 Å². The van der Waals surface area contributed by atoms with E-state index in [1.807, 2.05) is 54.6 Å². The Morgan fingerprint density at radius 1 is 1.10 bits per heavy atom. The van der Waals surface area contributed by atoms with Crippen molar-refractivity contribution in [2.24, 2.45) is 5.73 Å². The van der Waals surface area contributed by atoms with Gasteiger partial charge < -0.3 is 15.4 Å². The Bertz CT molecular complexity index is 584. The molecule has 0 spiro atoms. The summed E-state index contributed by atoms with van der Waals surface area (Å²) in [5.41, 5.74) is 7.64. The Labute approximate surface area is 125 Å². The number of likely N-dealkylation sites (N-methyl/N-ethyl adjacent to an activating group) is 1. The summed E-state index contributed by atoms with van der Waals surface area (Å²) in [4.78, 5) is 13.7. The van der Waals surface area contributed by atoms with Crippen LogP contribution in [0.1, 0.15) is 11.1 Å². The molecule has 110 valence electrons. The average molecular weight is 284 g/mol. The highest BCUT2D eigenvalue weighted by Gasteiger charge is 2.11. The molecule has 0 radical (unpaired) electrons. The van der Waals surface area contributed by atoms with Crippen molar-refractivity contribution < 1.29 is 9.53 Å². The van der Waals surface area contributed by atoms with Crippen LogP contribution in [-0.2, 0) is 17.9 Å². The van der Waals surface area contributed by atoms with Gasteiger partial charge in [0.1, 0.15) is 5.75 Å². The Balaban J connectivity index is 1.89. The fourth-order valence-corrected chi connectivity index (χ4v) is 2.01. The minimum absolute atomic E-state index is 0.0142. The second-order valence-corrected chi connectivity index (χ2v) is 4.84. The molecule has 0 saturated carbocycles. The summed E-state index contributed by atoms with van der Waals surface area (Å²) in [5.74, 6) is 0.604. The highest BCUT2D eigenvalue weighted by atomic mass is 16.5. The molecule has 0 aliphatic carbocycles. The molecule has 2 aromatic rings. The number of carbonyl (C=O) groups is 1. The molecule has 2 aromatic carbocycles. The SMILES string of the molecule is CN(Cc1ccccc1)C(=O)COc1ccccc1CN. The Hall–Kier alpha value is -2.33. The summed E-state index contributed by atoms with van der Waals surface area (Å²) in [7, 11) is 1.77. The number of carbonyl (C=O) groups excluding carboxylic acids is 1. The maximum atomic E-state index is 12.1. The van der Waals surface area contributed by atoms with Gasteiger partial charge in [0.2, 0.25) is 0 Å². The van der Waals surface area contributed by atoms with Crippen molar-refractivity contribution in [2.45, 2.75) is 13.1 Å². The predicted octanol–water partition coefficient (Wildman–Crippen LogP) is 2.18. The van der Waals surface area contributed by atoms with Gasteiger partial charge in [-0.15, -0.1) is 0 Å². The number of hydrogen-bond acceptors (Lipinski definition) is 3. The number of nitrogens with two attached hydrogens (primary N) is 1. The lowest BCUT2D eigenvalue weighted by Gasteiger charge is -2.18. The highest BCUT2D eigenvalue weighted by Crippen LogP contribution is 2.17. The number of nitrogens with zero attached hydrogens (tertiary/aromatic N) is 1. The predicted molar refractivity (Wildman–Crippen MR) is 82.7 cm³/mol. The number of ether oxygens (including phenoxy) is 1. The van der Waals surface area contributed by atoms with Crippen molar-refractivity contribution in [3.05, 3.63) is 65.7 Å². The van der Waals surface area contributed by atoms with E-state index in [9.17, 15) is 4.79 Å². The molecule has 0 bridgehead atoms. The first-order chi connectivity index (χ1) is 10.2. The van der Waals surface area contributed by atoms with Crippen LogP contribution in [0.4, 0.5) is 0 Å². The molecule has 0 saturated heterocycles. The second kappa shape index (κ2) is 7.45. The van der Waals surface area contributed by atoms with Gasteiger partial charge in [-0.2, -0.15) is 0 Å². The molecule has 0 aromatic heterocycles. The molecule has 0 fully saturated rings. The molecular formula is C17H20N2O2. The van der Waals surface area contributed by atoms with Crippen LogP contribution in [0.15, 0.2) is 54.6 Å². The molecule has 0 aliphatic rings. The van der Waals surface area contributed by atoms with Crippen LogP contribution in [0.25, 0.3) is 0 Å². The number of para-hydroxylation sites is 1. The molecule has 2 N–H and O–H groups in total.